The number of amides is 1. The van der Waals surface area contributed by atoms with Crippen LogP contribution in [0, 0.1) is 12.7 Å². The number of hydrogen-bond acceptors (Lipinski definition) is 8. The van der Waals surface area contributed by atoms with Crippen LogP contribution in [0.3, 0.4) is 0 Å². The van der Waals surface area contributed by atoms with E-state index < -0.39 is 29.9 Å². The number of nitrogens with one attached hydrogen (secondary N) is 1. The number of ether oxygens (including phenoxy) is 4. The fourth-order valence-corrected chi connectivity index (χ4v) is 6.32. The summed E-state index contributed by atoms with van der Waals surface area (Å²) in [5.74, 6) is -0.752. The SMILES string of the molecule is COC(=O)c1c(NC(=O)COC(=O)C2(c3ccc(F)cc3)CCCC2)sc(C)c1Cc1ccc2c(c1)OCO2. The van der Waals surface area contributed by atoms with Gasteiger partial charge in [0, 0.05) is 4.88 Å². The number of hydrogen-bond donors (Lipinski definition) is 1. The van der Waals surface area contributed by atoms with Crippen molar-refractivity contribution in [2.75, 3.05) is 25.8 Å². The predicted octanol–water partition coefficient (Wildman–Crippen LogP) is 5.30. The Morgan fingerprint density at radius 3 is 2.49 bits per heavy atom. The average molecular weight is 554 g/mol. The lowest BCUT2D eigenvalue weighted by Crippen LogP contribution is -2.36. The minimum absolute atomic E-state index is 0.162. The van der Waals surface area contributed by atoms with Gasteiger partial charge in [-0.1, -0.05) is 31.0 Å². The molecule has 0 atom stereocenters. The van der Waals surface area contributed by atoms with E-state index in [2.05, 4.69) is 5.32 Å². The molecule has 1 aromatic heterocycles. The van der Waals surface area contributed by atoms with E-state index in [1.807, 2.05) is 25.1 Å². The summed E-state index contributed by atoms with van der Waals surface area (Å²) >= 11 is 1.25. The van der Waals surface area contributed by atoms with Crippen molar-refractivity contribution in [3.63, 3.8) is 0 Å². The van der Waals surface area contributed by atoms with Gasteiger partial charge in [0.2, 0.25) is 6.79 Å². The molecule has 0 radical (unpaired) electrons. The monoisotopic (exact) mass is 553 g/mol. The fourth-order valence-electron chi connectivity index (χ4n) is 5.24. The second-order valence-electron chi connectivity index (χ2n) is 9.62. The van der Waals surface area contributed by atoms with Crippen molar-refractivity contribution in [3.05, 3.63) is 75.4 Å². The molecular weight excluding hydrogens is 525 g/mol. The molecule has 5 rings (SSSR count). The summed E-state index contributed by atoms with van der Waals surface area (Å²) in [7, 11) is 1.28. The second kappa shape index (κ2) is 11.1. The van der Waals surface area contributed by atoms with Crippen molar-refractivity contribution >= 4 is 34.2 Å². The van der Waals surface area contributed by atoms with E-state index in [4.69, 9.17) is 18.9 Å². The molecule has 0 saturated heterocycles. The Morgan fingerprint density at radius 1 is 1.05 bits per heavy atom. The van der Waals surface area contributed by atoms with Gasteiger partial charge in [-0.3, -0.25) is 9.59 Å². The molecule has 39 heavy (non-hydrogen) atoms. The lowest BCUT2D eigenvalue weighted by atomic mass is 9.79. The Hall–Kier alpha value is -3.92. The van der Waals surface area contributed by atoms with Crippen molar-refractivity contribution < 1.29 is 37.7 Å². The molecule has 0 unspecified atom stereocenters. The number of carbonyl (C=O) groups is 3. The van der Waals surface area contributed by atoms with Crippen LogP contribution in [0.4, 0.5) is 9.39 Å². The molecule has 10 heteroatoms. The molecular formula is C29H28FNO7S. The van der Waals surface area contributed by atoms with E-state index in [0.29, 0.717) is 41.3 Å². The number of esters is 2. The molecule has 1 fully saturated rings. The molecule has 204 valence electrons. The first-order valence-corrected chi connectivity index (χ1v) is 13.4. The summed E-state index contributed by atoms with van der Waals surface area (Å²) in [5.41, 5.74) is 1.67. The van der Waals surface area contributed by atoms with E-state index in [1.54, 1.807) is 12.1 Å². The van der Waals surface area contributed by atoms with Crippen LogP contribution in [-0.2, 0) is 30.9 Å². The van der Waals surface area contributed by atoms with Gasteiger partial charge in [0.15, 0.2) is 18.1 Å². The highest BCUT2D eigenvalue weighted by Crippen LogP contribution is 2.42. The third kappa shape index (κ3) is 5.34. The average Bonchev–Trinajstić information content (AvgIpc) is 3.67. The standard InChI is InChI=1S/C29H28FNO7S/c1-17-21(13-18-5-10-22-23(14-18)38-16-37-22)25(27(33)35-2)26(39-17)31-24(32)15-36-28(34)29(11-3-4-12-29)19-6-8-20(30)9-7-19/h5-10,14H,3-4,11-13,15-16H2,1-2H3,(H,31,32). The largest absolute Gasteiger partial charge is 0.465 e. The van der Waals surface area contributed by atoms with Gasteiger partial charge < -0.3 is 24.3 Å². The summed E-state index contributed by atoms with van der Waals surface area (Å²) in [4.78, 5) is 39.7. The smallest absolute Gasteiger partial charge is 0.341 e. The van der Waals surface area contributed by atoms with Gasteiger partial charge in [-0.15, -0.1) is 11.3 Å². The van der Waals surface area contributed by atoms with Gasteiger partial charge in [0.1, 0.15) is 10.8 Å². The summed E-state index contributed by atoms with van der Waals surface area (Å²) < 4.78 is 34.8. The minimum Gasteiger partial charge on any atom is -0.465 e. The van der Waals surface area contributed by atoms with Gasteiger partial charge in [-0.2, -0.15) is 0 Å². The van der Waals surface area contributed by atoms with E-state index in [9.17, 15) is 18.8 Å². The summed E-state index contributed by atoms with van der Waals surface area (Å²) in [6.07, 6.45) is 3.22. The van der Waals surface area contributed by atoms with Crippen molar-refractivity contribution in [3.8, 4) is 11.5 Å². The normalized spacial score (nSPS) is 15.2. The topological polar surface area (TPSA) is 100 Å². The molecule has 1 N–H and O–H groups in total. The maximum absolute atomic E-state index is 13.5. The summed E-state index contributed by atoms with van der Waals surface area (Å²) in [5, 5.41) is 3.05. The number of fused-ring (bicyclic) bond motifs is 1. The van der Waals surface area contributed by atoms with Crippen molar-refractivity contribution in [1.82, 2.24) is 0 Å². The number of methoxy groups -OCH3 is 1. The number of carbonyl (C=O) groups excluding carboxylic acids is 3. The minimum atomic E-state index is -0.900. The fraction of sp³-hybridized carbons (Fsp3) is 0.345. The first-order valence-electron chi connectivity index (χ1n) is 12.6. The first-order chi connectivity index (χ1) is 18.8. The molecule has 2 aliphatic rings. The van der Waals surface area contributed by atoms with Gasteiger partial charge in [-0.25, -0.2) is 9.18 Å². The highest BCUT2D eigenvalue weighted by atomic mass is 32.1. The highest BCUT2D eigenvalue weighted by Gasteiger charge is 2.44. The number of halogens is 1. The van der Waals surface area contributed by atoms with Crippen LogP contribution >= 0.6 is 11.3 Å². The van der Waals surface area contributed by atoms with Gasteiger partial charge in [0.05, 0.1) is 18.1 Å². The maximum atomic E-state index is 13.5. The highest BCUT2D eigenvalue weighted by molar-refractivity contribution is 7.16. The predicted molar refractivity (Wildman–Crippen MR) is 142 cm³/mol. The Labute approximate surface area is 229 Å². The summed E-state index contributed by atoms with van der Waals surface area (Å²) in [6.45, 7) is 1.51. The van der Waals surface area contributed by atoms with E-state index >= 15 is 0 Å². The van der Waals surface area contributed by atoms with Crippen LogP contribution in [0.5, 0.6) is 11.5 Å². The zero-order chi connectivity index (χ0) is 27.6. The number of aryl methyl sites for hydroxylation is 1. The maximum Gasteiger partial charge on any atom is 0.341 e. The van der Waals surface area contributed by atoms with E-state index in [0.717, 1.165) is 28.8 Å². The molecule has 8 nitrogen and oxygen atoms in total. The van der Waals surface area contributed by atoms with Crippen LogP contribution in [0.15, 0.2) is 42.5 Å². The molecule has 1 amide bonds. The zero-order valence-corrected chi connectivity index (χ0v) is 22.5. The molecule has 1 aliphatic carbocycles. The zero-order valence-electron chi connectivity index (χ0n) is 21.6. The number of anilines is 1. The molecule has 0 spiro atoms. The Bertz CT molecular complexity index is 1410. The Morgan fingerprint density at radius 2 is 1.77 bits per heavy atom. The molecule has 2 aromatic carbocycles. The number of benzene rings is 2. The molecule has 0 bridgehead atoms. The van der Waals surface area contributed by atoms with Gasteiger partial charge >= 0.3 is 11.9 Å². The molecule has 2 heterocycles. The van der Waals surface area contributed by atoms with Crippen molar-refractivity contribution in [2.45, 2.75) is 44.4 Å². The first kappa shape index (κ1) is 26.7. The lowest BCUT2D eigenvalue weighted by Gasteiger charge is -2.27. The molecule has 3 aromatic rings. The van der Waals surface area contributed by atoms with E-state index in [-0.39, 0.29) is 18.2 Å². The Kier molecular flexibility index (Phi) is 7.56. The number of thiophene rings is 1. The molecule has 1 saturated carbocycles. The van der Waals surface area contributed by atoms with Crippen LogP contribution in [0.1, 0.15) is 57.6 Å². The van der Waals surface area contributed by atoms with Crippen LogP contribution in [0.25, 0.3) is 0 Å². The van der Waals surface area contributed by atoms with Crippen molar-refractivity contribution in [1.29, 1.82) is 0 Å². The summed E-state index contributed by atoms with van der Waals surface area (Å²) in [6, 6.07) is 11.4. The lowest BCUT2D eigenvalue weighted by molar-refractivity contribution is -0.153. The number of rotatable bonds is 8. The van der Waals surface area contributed by atoms with Gasteiger partial charge in [0.25, 0.3) is 5.91 Å². The Balaban J connectivity index is 1.30. The quantitative estimate of drug-likeness (QED) is 0.378. The van der Waals surface area contributed by atoms with Crippen molar-refractivity contribution in [2.24, 2.45) is 0 Å². The third-order valence-corrected chi connectivity index (χ3v) is 8.31. The van der Waals surface area contributed by atoms with Crippen LogP contribution in [0.2, 0.25) is 0 Å². The van der Waals surface area contributed by atoms with Gasteiger partial charge in [-0.05, 0) is 67.1 Å². The van der Waals surface area contributed by atoms with Crippen LogP contribution < -0.4 is 14.8 Å². The third-order valence-electron chi connectivity index (χ3n) is 7.25. The van der Waals surface area contributed by atoms with Crippen LogP contribution in [-0.4, -0.2) is 38.4 Å². The second-order valence-corrected chi connectivity index (χ2v) is 10.8. The molecule has 1 aliphatic heterocycles. The van der Waals surface area contributed by atoms with E-state index in [1.165, 1.54) is 30.6 Å².